The van der Waals surface area contributed by atoms with Crippen LogP contribution in [0.3, 0.4) is 0 Å². The van der Waals surface area contributed by atoms with Crippen molar-refractivity contribution in [3.63, 3.8) is 0 Å². The number of aryl methyl sites for hydroxylation is 1. The number of benzene rings is 1. The summed E-state index contributed by atoms with van der Waals surface area (Å²) in [5.41, 5.74) is 1.07. The number of ketones is 1. The van der Waals surface area contributed by atoms with E-state index in [9.17, 15) is 14.4 Å². The number of carbonyl (C=O) groups is 2. The molecule has 0 saturated carbocycles. The number of aromatic amines is 1. The van der Waals surface area contributed by atoms with E-state index in [1.165, 1.54) is 12.3 Å². The first-order valence-electron chi connectivity index (χ1n) is 8.79. The zero-order valence-electron chi connectivity index (χ0n) is 14.4. The Labute approximate surface area is 157 Å². The first kappa shape index (κ1) is 18.4. The van der Waals surface area contributed by atoms with Gasteiger partial charge in [0.15, 0.2) is 0 Å². The molecule has 0 bridgehead atoms. The summed E-state index contributed by atoms with van der Waals surface area (Å²) in [5.74, 6) is -0.135. The van der Waals surface area contributed by atoms with Gasteiger partial charge in [-0.3, -0.25) is 14.4 Å². The molecule has 1 atom stereocenters. The highest BCUT2D eigenvalue weighted by atomic mass is 35.5. The topological polar surface area (TPSA) is 70.2 Å². The summed E-state index contributed by atoms with van der Waals surface area (Å²) in [6.45, 7) is 1.03. The number of likely N-dealkylation sites (tertiary alicyclic amines) is 1. The maximum Gasteiger partial charge on any atom is 0.266 e. The largest absolute Gasteiger partial charge is 0.338 e. The second-order valence-electron chi connectivity index (χ2n) is 6.61. The number of Topliss-reactive ketones (excluding diaryl/α,β-unsaturated/α-hetero) is 1. The summed E-state index contributed by atoms with van der Waals surface area (Å²) < 4.78 is 0. The van der Waals surface area contributed by atoms with Crippen LogP contribution in [0.15, 0.2) is 47.4 Å². The fraction of sp³-hybridized carbons (Fsp3) is 0.350. The lowest BCUT2D eigenvalue weighted by molar-refractivity contribution is -0.124. The van der Waals surface area contributed by atoms with Gasteiger partial charge in [-0.2, -0.15) is 0 Å². The second kappa shape index (κ2) is 8.32. The molecule has 1 N–H and O–H groups in total. The number of hydrogen-bond acceptors (Lipinski definition) is 3. The predicted octanol–water partition coefficient (Wildman–Crippen LogP) is 3.08. The summed E-state index contributed by atoms with van der Waals surface area (Å²) in [6, 6.07) is 11.3. The standard InChI is InChI=1S/C20H21ClN2O3/c21-17-11-16(12-22-19(17)25)20(26)23-10-4-7-15(13-23)18(24)9-8-14-5-2-1-3-6-14/h1-3,5-6,11-12,15H,4,7-10,13H2,(H,22,25). The number of H-pyrrole nitrogens is 1. The Kier molecular flexibility index (Phi) is 5.89. The highest BCUT2D eigenvalue weighted by molar-refractivity contribution is 6.30. The Morgan fingerprint density at radius 1 is 1.23 bits per heavy atom. The molecule has 1 unspecified atom stereocenters. The summed E-state index contributed by atoms with van der Waals surface area (Å²) in [5, 5.41) is -0.0108. The van der Waals surface area contributed by atoms with Crippen LogP contribution in [0.5, 0.6) is 0 Å². The molecule has 1 aliphatic rings. The van der Waals surface area contributed by atoms with Crippen molar-refractivity contribution in [1.29, 1.82) is 0 Å². The number of carbonyl (C=O) groups excluding carboxylic acids is 2. The molecule has 0 spiro atoms. The SMILES string of the molecule is O=C(CCc1ccccc1)C1CCCN(C(=O)c2c[nH]c(=O)c(Cl)c2)C1. The Hall–Kier alpha value is -2.40. The van der Waals surface area contributed by atoms with Crippen molar-refractivity contribution < 1.29 is 9.59 Å². The number of aromatic nitrogens is 1. The van der Waals surface area contributed by atoms with E-state index in [-0.39, 0.29) is 22.6 Å². The van der Waals surface area contributed by atoms with Crippen LogP contribution in [0.2, 0.25) is 5.02 Å². The van der Waals surface area contributed by atoms with Gasteiger partial charge in [-0.15, -0.1) is 0 Å². The summed E-state index contributed by atoms with van der Waals surface area (Å²) in [4.78, 5) is 40.7. The van der Waals surface area contributed by atoms with E-state index in [1.807, 2.05) is 30.3 Å². The Morgan fingerprint density at radius 3 is 2.73 bits per heavy atom. The Morgan fingerprint density at radius 2 is 2.00 bits per heavy atom. The van der Waals surface area contributed by atoms with Crippen LogP contribution in [-0.2, 0) is 11.2 Å². The molecule has 6 heteroatoms. The van der Waals surface area contributed by atoms with E-state index in [2.05, 4.69) is 4.98 Å². The van der Waals surface area contributed by atoms with Crippen LogP contribution in [0.1, 0.15) is 35.2 Å². The van der Waals surface area contributed by atoms with Gasteiger partial charge in [-0.1, -0.05) is 41.9 Å². The van der Waals surface area contributed by atoms with Crippen LogP contribution >= 0.6 is 11.6 Å². The quantitative estimate of drug-likeness (QED) is 0.876. The molecule has 1 aromatic carbocycles. The van der Waals surface area contributed by atoms with Gasteiger partial charge >= 0.3 is 0 Å². The molecule has 0 aliphatic carbocycles. The van der Waals surface area contributed by atoms with Crippen molar-refractivity contribution in [3.05, 3.63) is 69.1 Å². The molecule has 3 rings (SSSR count). The van der Waals surface area contributed by atoms with Crippen LogP contribution in [0.25, 0.3) is 0 Å². The lowest BCUT2D eigenvalue weighted by Crippen LogP contribution is -2.42. The van der Waals surface area contributed by atoms with E-state index >= 15 is 0 Å². The number of amides is 1. The maximum atomic E-state index is 12.6. The Bertz CT molecular complexity index is 848. The smallest absolute Gasteiger partial charge is 0.266 e. The zero-order chi connectivity index (χ0) is 18.5. The van der Waals surface area contributed by atoms with Crippen LogP contribution in [0, 0.1) is 5.92 Å². The van der Waals surface area contributed by atoms with Crippen molar-refractivity contribution in [2.24, 2.45) is 5.92 Å². The minimum Gasteiger partial charge on any atom is -0.338 e. The first-order chi connectivity index (χ1) is 12.5. The lowest BCUT2D eigenvalue weighted by atomic mass is 9.90. The van der Waals surface area contributed by atoms with Gasteiger partial charge in [0.05, 0.1) is 5.56 Å². The molecule has 1 fully saturated rings. The van der Waals surface area contributed by atoms with Gasteiger partial charge in [0.1, 0.15) is 10.8 Å². The number of nitrogens with one attached hydrogen (secondary N) is 1. The van der Waals surface area contributed by atoms with Crippen LogP contribution < -0.4 is 5.56 Å². The van der Waals surface area contributed by atoms with E-state index in [4.69, 9.17) is 11.6 Å². The third kappa shape index (κ3) is 4.41. The summed E-state index contributed by atoms with van der Waals surface area (Å²) in [6.07, 6.45) is 4.19. The van der Waals surface area contributed by atoms with Gasteiger partial charge in [-0.25, -0.2) is 0 Å². The average molecular weight is 373 g/mol. The van der Waals surface area contributed by atoms with Crippen LogP contribution in [-0.4, -0.2) is 34.7 Å². The number of hydrogen-bond donors (Lipinski definition) is 1. The van der Waals surface area contributed by atoms with Crippen LogP contribution in [0.4, 0.5) is 0 Å². The average Bonchev–Trinajstić information content (AvgIpc) is 2.68. The molecule has 1 saturated heterocycles. The predicted molar refractivity (Wildman–Crippen MR) is 100 cm³/mol. The van der Waals surface area contributed by atoms with Crippen molar-refractivity contribution in [1.82, 2.24) is 9.88 Å². The lowest BCUT2D eigenvalue weighted by Gasteiger charge is -2.32. The molecule has 2 aromatic rings. The molecular formula is C20H21ClN2O3. The molecule has 136 valence electrons. The molecule has 1 aromatic heterocycles. The minimum atomic E-state index is -0.421. The summed E-state index contributed by atoms with van der Waals surface area (Å²) in [7, 11) is 0. The number of nitrogens with zero attached hydrogens (tertiary/aromatic N) is 1. The normalized spacial score (nSPS) is 17.1. The van der Waals surface area contributed by atoms with Gasteiger partial charge in [0.25, 0.3) is 11.5 Å². The monoisotopic (exact) mass is 372 g/mol. The number of pyridine rings is 1. The van der Waals surface area contributed by atoms with Gasteiger partial charge in [0, 0.05) is 31.6 Å². The third-order valence-electron chi connectivity index (χ3n) is 4.77. The summed E-state index contributed by atoms with van der Waals surface area (Å²) >= 11 is 5.81. The van der Waals surface area contributed by atoms with Gasteiger partial charge < -0.3 is 9.88 Å². The third-order valence-corrected chi connectivity index (χ3v) is 5.05. The first-order valence-corrected chi connectivity index (χ1v) is 9.16. The molecule has 1 amide bonds. The minimum absolute atomic E-state index is 0.0108. The fourth-order valence-electron chi connectivity index (χ4n) is 3.30. The molecule has 2 heterocycles. The van der Waals surface area contributed by atoms with E-state index in [0.717, 1.165) is 24.8 Å². The number of rotatable bonds is 5. The van der Waals surface area contributed by atoms with Crippen molar-refractivity contribution >= 4 is 23.3 Å². The van der Waals surface area contributed by atoms with E-state index in [0.29, 0.717) is 25.1 Å². The van der Waals surface area contributed by atoms with E-state index in [1.54, 1.807) is 4.90 Å². The van der Waals surface area contributed by atoms with Gasteiger partial charge in [0.2, 0.25) is 0 Å². The van der Waals surface area contributed by atoms with Crippen molar-refractivity contribution in [3.8, 4) is 0 Å². The van der Waals surface area contributed by atoms with E-state index < -0.39 is 5.56 Å². The number of piperidine rings is 1. The molecule has 26 heavy (non-hydrogen) atoms. The number of halogens is 1. The Balaban J connectivity index is 1.61. The zero-order valence-corrected chi connectivity index (χ0v) is 15.2. The highest BCUT2D eigenvalue weighted by Gasteiger charge is 2.28. The maximum absolute atomic E-state index is 12.6. The van der Waals surface area contributed by atoms with Crippen molar-refractivity contribution in [2.45, 2.75) is 25.7 Å². The fourth-order valence-corrected chi connectivity index (χ4v) is 3.47. The second-order valence-corrected chi connectivity index (χ2v) is 7.01. The molecular weight excluding hydrogens is 352 g/mol. The van der Waals surface area contributed by atoms with Crippen molar-refractivity contribution in [2.75, 3.05) is 13.1 Å². The highest BCUT2D eigenvalue weighted by Crippen LogP contribution is 2.21. The van der Waals surface area contributed by atoms with Gasteiger partial charge in [-0.05, 0) is 30.9 Å². The molecule has 0 radical (unpaired) electrons. The molecule has 5 nitrogen and oxygen atoms in total. The molecule has 1 aliphatic heterocycles.